The van der Waals surface area contributed by atoms with Gasteiger partial charge in [0.15, 0.2) is 6.10 Å². The largest absolute Gasteiger partial charge is 0.508 e. The third-order valence-electron chi connectivity index (χ3n) is 3.23. The van der Waals surface area contributed by atoms with E-state index < -0.39 is 12.1 Å². The molecular formula is C16H18O5. The lowest BCUT2D eigenvalue weighted by Gasteiger charge is -2.19. The summed E-state index contributed by atoms with van der Waals surface area (Å²) < 4.78 is 15.7. The molecule has 0 saturated heterocycles. The second-order valence-corrected chi connectivity index (χ2v) is 4.69. The van der Waals surface area contributed by atoms with Crippen LogP contribution in [0.2, 0.25) is 0 Å². The third kappa shape index (κ3) is 3.86. The molecule has 1 aromatic carbocycles. The standard InChI is InChI=1S/C16H18O5/c1-3-12(16-14(17)8-15(18)21-16)10-20-9-11-4-6-13(19-2)7-5-11/h3-8,12,16-17H,1,9-10H2,2H3/t12-,16-/m1/s1. The Balaban J connectivity index is 1.84. The van der Waals surface area contributed by atoms with Gasteiger partial charge in [-0.25, -0.2) is 4.79 Å². The van der Waals surface area contributed by atoms with Crippen molar-refractivity contribution in [2.75, 3.05) is 13.7 Å². The van der Waals surface area contributed by atoms with E-state index in [4.69, 9.17) is 14.2 Å². The number of aliphatic hydroxyl groups excluding tert-OH is 1. The number of cyclic esters (lactones) is 1. The van der Waals surface area contributed by atoms with Gasteiger partial charge < -0.3 is 19.3 Å². The average molecular weight is 290 g/mol. The fourth-order valence-corrected chi connectivity index (χ4v) is 2.04. The van der Waals surface area contributed by atoms with E-state index in [1.807, 2.05) is 24.3 Å². The van der Waals surface area contributed by atoms with Crippen LogP contribution in [-0.4, -0.2) is 30.9 Å². The van der Waals surface area contributed by atoms with Crippen molar-refractivity contribution in [1.29, 1.82) is 0 Å². The van der Waals surface area contributed by atoms with Crippen LogP contribution in [0.25, 0.3) is 0 Å². The van der Waals surface area contributed by atoms with Gasteiger partial charge >= 0.3 is 5.97 Å². The Labute approximate surface area is 123 Å². The molecule has 5 nitrogen and oxygen atoms in total. The number of rotatable bonds is 7. The maximum Gasteiger partial charge on any atom is 0.335 e. The number of carbonyl (C=O) groups excluding carboxylic acids is 1. The Morgan fingerprint density at radius 2 is 2.14 bits per heavy atom. The van der Waals surface area contributed by atoms with Crippen LogP contribution in [0, 0.1) is 5.92 Å². The zero-order valence-corrected chi connectivity index (χ0v) is 11.8. The van der Waals surface area contributed by atoms with Crippen molar-refractivity contribution >= 4 is 5.97 Å². The molecule has 0 fully saturated rings. The molecule has 1 N–H and O–H groups in total. The number of benzene rings is 1. The molecule has 0 amide bonds. The van der Waals surface area contributed by atoms with E-state index in [9.17, 15) is 9.90 Å². The van der Waals surface area contributed by atoms with E-state index in [0.717, 1.165) is 17.4 Å². The first kappa shape index (κ1) is 15.1. The fourth-order valence-electron chi connectivity index (χ4n) is 2.04. The lowest BCUT2D eigenvalue weighted by Crippen LogP contribution is -2.26. The molecule has 0 aromatic heterocycles. The highest BCUT2D eigenvalue weighted by Gasteiger charge is 2.32. The normalized spacial score (nSPS) is 18.8. The highest BCUT2D eigenvalue weighted by atomic mass is 16.6. The monoisotopic (exact) mass is 290 g/mol. The van der Waals surface area contributed by atoms with Crippen molar-refractivity contribution in [3.05, 3.63) is 54.3 Å². The van der Waals surface area contributed by atoms with Crippen molar-refractivity contribution < 1.29 is 24.1 Å². The second kappa shape index (κ2) is 6.95. The zero-order chi connectivity index (χ0) is 15.2. The molecule has 21 heavy (non-hydrogen) atoms. The van der Waals surface area contributed by atoms with Crippen molar-refractivity contribution in [3.63, 3.8) is 0 Å². The maximum absolute atomic E-state index is 11.1. The zero-order valence-electron chi connectivity index (χ0n) is 11.8. The highest BCUT2D eigenvalue weighted by molar-refractivity contribution is 5.85. The molecule has 0 radical (unpaired) electrons. The van der Waals surface area contributed by atoms with Gasteiger partial charge in [-0.2, -0.15) is 0 Å². The number of aliphatic hydroxyl groups is 1. The smallest absolute Gasteiger partial charge is 0.335 e. The van der Waals surface area contributed by atoms with Crippen LogP contribution in [0.3, 0.4) is 0 Å². The Morgan fingerprint density at radius 1 is 1.43 bits per heavy atom. The van der Waals surface area contributed by atoms with E-state index in [1.165, 1.54) is 0 Å². The van der Waals surface area contributed by atoms with Crippen LogP contribution in [0.4, 0.5) is 0 Å². The summed E-state index contributed by atoms with van der Waals surface area (Å²) in [5.74, 6) is -0.126. The highest BCUT2D eigenvalue weighted by Crippen LogP contribution is 2.22. The molecule has 0 aliphatic carbocycles. The van der Waals surface area contributed by atoms with E-state index in [1.54, 1.807) is 13.2 Å². The Bertz CT molecular complexity index is 532. The van der Waals surface area contributed by atoms with Gasteiger partial charge in [-0.1, -0.05) is 18.2 Å². The lowest BCUT2D eigenvalue weighted by atomic mass is 10.0. The minimum Gasteiger partial charge on any atom is -0.508 e. The second-order valence-electron chi connectivity index (χ2n) is 4.69. The molecule has 2 rings (SSSR count). The third-order valence-corrected chi connectivity index (χ3v) is 3.23. The first-order chi connectivity index (χ1) is 10.1. The summed E-state index contributed by atoms with van der Waals surface area (Å²) in [6, 6.07) is 7.54. The molecule has 1 aliphatic rings. The average Bonchev–Trinajstić information content (AvgIpc) is 2.83. The van der Waals surface area contributed by atoms with Gasteiger partial charge in [0.1, 0.15) is 11.5 Å². The predicted molar refractivity (Wildman–Crippen MR) is 76.9 cm³/mol. The predicted octanol–water partition coefficient (Wildman–Crippen LogP) is 2.38. The molecular weight excluding hydrogens is 272 g/mol. The van der Waals surface area contributed by atoms with E-state index in [-0.39, 0.29) is 11.7 Å². The molecule has 0 saturated carbocycles. The molecule has 1 aliphatic heterocycles. The van der Waals surface area contributed by atoms with Crippen molar-refractivity contribution in [3.8, 4) is 5.75 Å². The van der Waals surface area contributed by atoms with Crippen LogP contribution in [-0.2, 0) is 20.9 Å². The first-order valence-corrected chi connectivity index (χ1v) is 6.58. The topological polar surface area (TPSA) is 65.0 Å². The summed E-state index contributed by atoms with van der Waals surface area (Å²) in [6.07, 6.45) is 1.98. The van der Waals surface area contributed by atoms with E-state index in [0.29, 0.717) is 13.2 Å². The van der Waals surface area contributed by atoms with Crippen LogP contribution in [0.1, 0.15) is 5.56 Å². The summed E-state index contributed by atoms with van der Waals surface area (Å²) in [7, 11) is 1.61. The Morgan fingerprint density at radius 3 is 2.67 bits per heavy atom. The Hall–Kier alpha value is -2.27. The minimum atomic E-state index is -0.703. The van der Waals surface area contributed by atoms with Gasteiger partial charge in [0.25, 0.3) is 0 Å². The lowest BCUT2D eigenvalue weighted by molar-refractivity contribution is -0.141. The fraction of sp³-hybridized carbons (Fsp3) is 0.312. The minimum absolute atomic E-state index is 0.0852. The number of methoxy groups -OCH3 is 1. The van der Waals surface area contributed by atoms with Crippen LogP contribution in [0.5, 0.6) is 5.75 Å². The summed E-state index contributed by atoms with van der Waals surface area (Å²) in [5.41, 5.74) is 1.00. The number of hydrogen-bond acceptors (Lipinski definition) is 5. The summed E-state index contributed by atoms with van der Waals surface area (Å²) >= 11 is 0. The van der Waals surface area contributed by atoms with Gasteiger partial charge in [-0.15, -0.1) is 6.58 Å². The van der Waals surface area contributed by atoms with Gasteiger partial charge in [-0.3, -0.25) is 0 Å². The molecule has 0 unspecified atom stereocenters. The van der Waals surface area contributed by atoms with Gasteiger partial charge in [0.05, 0.1) is 26.4 Å². The van der Waals surface area contributed by atoms with Crippen molar-refractivity contribution in [2.45, 2.75) is 12.7 Å². The van der Waals surface area contributed by atoms with Crippen LogP contribution >= 0.6 is 0 Å². The van der Waals surface area contributed by atoms with Crippen LogP contribution in [0.15, 0.2) is 48.8 Å². The van der Waals surface area contributed by atoms with Gasteiger partial charge in [0.2, 0.25) is 0 Å². The van der Waals surface area contributed by atoms with Crippen molar-refractivity contribution in [2.24, 2.45) is 5.92 Å². The number of hydrogen-bond donors (Lipinski definition) is 1. The first-order valence-electron chi connectivity index (χ1n) is 6.58. The maximum atomic E-state index is 11.1. The summed E-state index contributed by atoms with van der Waals surface area (Å²) in [6.45, 7) is 4.40. The molecule has 2 atom stereocenters. The van der Waals surface area contributed by atoms with Crippen LogP contribution < -0.4 is 4.74 Å². The molecule has 112 valence electrons. The van der Waals surface area contributed by atoms with E-state index in [2.05, 4.69) is 6.58 Å². The van der Waals surface area contributed by atoms with Gasteiger partial charge in [0, 0.05) is 5.92 Å². The quantitative estimate of drug-likeness (QED) is 0.617. The number of ether oxygens (including phenoxy) is 3. The summed E-state index contributed by atoms with van der Waals surface area (Å²) in [5, 5.41) is 9.63. The van der Waals surface area contributed by atoms with Crippen molar-refractivity contribution in [1.82, 2.24) is 0 Å². The molecule has 5 heteroatoms. The van der Waals surface area contributed by atoms with Gasteiger partial charge in [-0.05, 0) is 17.7 Å². The molecule has 0 bridgehead atoms. The number of esters is 1. The SMILES string of the molecule is C=C[C@H](COCc1ccc(OC)cc1)[C@H]1OC(=O)C=C1O. The Kier molecular flexibility index (Phi) is 5.00. The molecule has 1 heterocycles. The molecule has 1 aromatic rings. The van der Waals surface area contributed by atoms with E-state index >= 15 is 0 Å². The summed E-state index contributed by atoms with van der Waals surface area (Å²) in [4.78, 5) is 11.1. The number of carbonyl (C=O) groups is 1. The molecule has 0 spiro atoms.